The van der Waals surface area contributed by atoms with Crippen LogP contribution < -0.4 is 16.4 Å². The van der Waals surface area contributed by atoms with Crippen LogP contribution in [0, 0.1) is 5.92 Å². The molecule has 0 unspecified atom stereocenters. The van der Waals surface area contributed by atoms with Crippen molar-refractivity contribution in [2.75, 3.05) is 6.54 Å². The molecule has 0 aromatic rings. The molecule has 30 heavy (non-hydrogen) atoms. The number of urea groups is 1. The second kappa shape index (κ2) is 10.0. The monoisotopic (exact) mass is 427 g/mol. The highest BCUT2D eigenvalue weighted by Gasteiger charge is 2.50. The maximum atomic E-state index is 12.7. The van der Waals surface area contributed by atoms with Gasteiger partial charge in [0.1, 0.15) is 11.6 Å². The van der Waals surface area contributed by atoms with Crippen molar-refractivity contribution in [1.82, 2.24) is 10.6 Å². The Bertz CT molecular complexity index is 617. The molecule has 1 heterocycles. The largest absolute Gasteiger partial charge is 0.458 e. The van der Waals surface area contributed by atoms with Gasteiger partial charge < -0.3 is 30.4 Å². The van der Waals surface area contributed by atoms with Gasteiger partial charge in [-0.3, -0.25) is 4.79 Å². The van der Waals surface area contributed by atoms with Crippen LogP contribution in [0.4, 0.5) is 4.79 Å². The molecule has 4 N–H and O–H groups in total. The fourth-order valence-electron chi connectivity index (χ4n) is 3.20. The zero-order valence-corrected chi connectivity index (χ0v) is 19.6. The molecule has 0 aliphatic carbocycles. The summed E-state index contributed by atoms with van der Waals surface area (Å²) < 4.78 is 17.5. The van der Waals surface area contributed by atoms with Crippen LogP contribution in [0.2, 0.25) is 6.32 Å². The van der Waals surface area contributed by atoms with Crippen molar-refractivity contribution >= 4 is 25.0 Å². The van der Waals surface area contributed by atoms with Crippen molar-refractivity contribution < 1.29 is 28.4 Å². The molecular weight excluding hydrogens is 389 g/mol. The minimum absolute atomic E-state index is 0.128. The van der Waals surface area contributed by atoms with E-state index in [1.165, 1.54) is 6.92 Å². The highest BCUT2D eigenvalue weighted by Crippen LogP contribution is 2.38. The summed E-state index contributed by atoms with van der Waals surface area (Å²) in [5, 5.41) is 5.20. The number of carbonyl (C=O) groups is 3. The molecule has 9 nitrogen and oxygen atoms in total. The van der Waals surface area contributed by atoms with Crippen LogP contribution in [-0.4, -0.2) is 54.4 Å². The first-order valence-corrected chi connectivity index (χ1v) is 10.4. The number of nitrogens with two attached hydrogens (primary N) is 1. The van der Waals surface area contributed by atoms with Crippen molar-refractivity contribution in [3.05, 3.63) is 0 Å². The van der Waals surface area contributed by atoms with E-state index in [9.17, 15) is 14.4 Å². The smallest absolute Gasteiger partial charge is 0.457 e. The van der Waals surface area contributed by atoms with Crippen LogP contribution in [0.15, 0.2) is 0 Å². The minimum atomic E-state index is -0.910. The van der Waals surface area contributed by atoms with E-state index in [0.717, 1.165) is 0 Å². The van der Waals surface area contributed by atoms with Gasteiger partial charge in [-0.25, -0.2) is 9.59 Å². The van der Waals surface area contributed by atoms with Crippen LogP contribution in [0.25, 0.3) is 0 Å². The Hall–Kier alpha value is -1.81. The van der Waals surface area contributed by atoms with Crippen LogP contribution in [0.5, 0.6) is 0 Å². The molecule has 1 aliphatic heterocycles. The number of rotatable bonds is 9. The van der Waals surface area contributed by atoms with Gasteiger partial charge in [-0.2, -0.15) is 0 Å². The third kappa shape index (κ3) is 8.14. The lowest BCUT2D eigenvalue weighted by Gasteiger charge is -2.32. The summed E-state index contributed by atoms with van der Waals surface area (Å²) in [6, 6.07) is -1.61. The van der Waals surface area contributed by atoms with E-state index in [4.69, 9.17) is 19.8 Å². The third-order valence-electron chi connectivity index (χ3n) is 5.35. The van der Waals surface area contributed by atoms with E-state index in [2.05, 4.69) is 10.6 Å². The normalized spacial score (nSPS) is 19.7. The molecule has 1 saturated heterocycles. The summed E-state index contributed by atoms with van der Waals surface area (Å²) in [5.74, 6) is -1.32. The van der Waals surface area contributed by atoms with Gasteiger partial charge in [0.25, 0.3) is 0 Å². The van der Waals surface area contributed by atoms with E-state index in [1.807, 2.05) is 27.7 Å². The molecule has 2 atom stereocenters. The maximum Gasteiger partial charge on any atom is 0.457 e. The van der Waals surface area contributed by atoms with Gasteiger partial charge in [0.15, 0.2) is 0 Å². The topological polar surface area (TPSA) is 129 Å². The molecule has 0 aromatic heterocycles. The summed E-state index contributed by atoms with van der Waals surface area (Å²) in [4.78, 5) is 35.7. The predicted octanol–water partition coefficient (Wildman–Crippen LogP) is 1.99. The van der Waals surface area contributed by atoms with Crippen molar-refractivity contribution in [1.29, 1.82) is 0 Å². The Labute approximate surface area is 180 Å². The van der Waals surface area contributed by atoms with Crippen LogP contribution in [0.3, 0.4) is 0 Å². The molecule has 3 amide bonds. The standard InChI is InChI=1S/C20H38BN3O6/c1-13(25)24-15(16(26)28-18(2,3)4)14(12-23-17(22)27)10-9-11-21-29-19(5,6)20(7,8)30-21/h14-15H,9-12H2,1-8H3,(H,24,25)(H3,22,23,27)/t14-,15+/m1/s1. The number of esters is 1. The van der Waals surface area contributed by atoms with E-state index < -0.39 is 40.8 Å². The Morgan fingerprint density at radius 2 is 1.63 bits per heavy atom. The highest BCUT2D eigenvalue weighted by molar-refractivity contribution is 6.45. The van der Waals surface area contributed by atoms with Crippen molar-refractivity contribution in [3.8, 4) is 0 Å². The SMILES string of the molecule is CC(=O)N[C@H](C(=O)OC(C)(C)C)[C@H](CCCB1OC(C)(C)C(C)(C)O1)CNC(N)=O. The van der Waals surface area contributed by atoms with E-state index in [-0.39, 0.29) is 19.6 Å². The number of primary amides is 1. The first-order chi connectivity index (χ1) is 13.5. The lowest BCUT2D eigenvalue weighted by Crippen LogP contribution is -2.51. The molecule has 1 fully saturated rings. The number of hydrogen-bond donors (Lipinski definition) is 3. The Balaban J connectivity index is 2.85. The Morgan fingerprint density at radius 1 is 1.10 bits per heavy atom. The number of hydrogen-bond acceptors (Lipinski definition) is 6. The molecule has 0 bridgehead atoms. The molecule has 0 aromatic carbocycles. The van der Waals surface area contributed by atoms with Crippen molar-refractivity contribution in [2.24, 2.45) is 11.7 Å². The van der Waals surface area contributed by atoms with Crippen LogP contribution in [-0.2, 0) is 23.6 Å². The Morgan fingerprint density at radius 3 is 2.07 bits per heavy atom. The maximum absolute atomic E-state index is 12.7. The molecule has 172 valence electrons. The van der Waals surface area contributed by atoms with Gasteiger partial charge in [-0.05, 0) is 61.2 Å². The Kier molecular flexibility index (Phi) is 8.74. The van der Waals surface area contributed by atoms with E-state index >= 15 is 0 Å². The summed E-state index contributed by atoms with van der Waals surface area (Å²) in [7, 11) is -0.361. The molecule has 0 saturated carbocycles. The van der Waals surface area contributed by atoms with E-state index in [0.29, 0.717) is 19.2 Å². The molecule has 10 heteroatoms. The van der Waals surface area contributed by atoms with Gasteiger partial charge in [0.2, 0.25) is 5.91 Å². The first-order valence-electron chi connectivity index (χ1n) is 10.4. The molecule has 0 radical (unpaired) electrons. The highest BCUT2D eigenvalue weighted by atomic mass is 16.7. The van der Waals surface area contributed by atoms with Crippen LogP contribution >= 0.6 is 0 Å². The van der Waals surface area contributed by atoms with Gasteiger partial charge >= 0.3 is 19.1 Å². The van der Waals surface area contributed by atoms with Gasteiger partial charge in [-0.1, -0.05) is 6.42 Å². The number of amides is 3. The lowest BCUT2D eigenvalue weighted by molar-refractivity contribution is -0.160. The second-order valence-electron chi connectivity index (χ2n) is 9.83. The second-order valence-corrected chi connectivity index (χ2v) is 9.83. The number of carbonyl (C=O) groups excluding carboxylic acids is 3. The van der Waals surface area contributed by atoms with Crippen molar-refractivity contribution in [2.45, 2.75) is 97.4 Å². The molecule has 1 aliphatic rings. The number of ether oxygens (including phenoxy) is 1. The summed E-state index contributed by atoms with van der Waals surface area (Å²) >= 11 is 0. The minimum Gasteiger partial charge on any atom is -0.458 e. The lowest BCUT2D eigenvalue weighted by atomic mass is 9.80. The van der Waals surface area contributed by atoms with E-state index in [1.54, 1.807) is 20.8 Å². The average Bonchev–Trinajstić information content (AvgIpc) is 2.73. The fourth-order valence-corrected chi connectivity index (χ4v) is 3.20. The first kappa shape index (κ1) is 26.2. The van der Waals surface area contributed by atoms with Gasteiger partial charge in [0, 0.05) is 19.4 Å². The zero-order chi connectivity index (χ0) is 23.3. The summed E-state index contributed by atoms with van der Waals surface area (Å²) in [6.45, 7) is 14.7. The van der Waals surface area contributed by atoms with Gasteiger partial charge in [0.05, 0.1) is 11.2 Å². The van der Waals surface area contributed by atoms with Gasteiger partial charge in [-0.15, -0.1) is 0 Å². The quantitative estimate of drug-likeness (QED) is 0.381. The summed E-state index contributed by atoms with van der Waals surface area (Å²) in [6.07, 6.45) is 1.79. The molecule has 0 spiro atoms. The predicted molar refractivity (Wildman–Crippen MR) is 115 cm³/mol. The summed E-state index contributed by atoms with van der Waals surface area (Å²) in [5.41, 5.74) is 3.67. The number of nitrogens with one attached hydrogen (secondary N) is 2. The van der Waals surface area contributed by atoms with Crippen molar-refractivity contribution in [3.63, 3.8) is 0 Å². The fraction of sp³-hybridized carbons (Fsp3) is 0.850. The molecule has 1 rings (SSSR count). The average molecular weight is 427 g/mol. The third-order valence-corrected chi connectivity index (χ3v) is 5.35. The van der Waals surface area contributed by atoms with Crippen LogP contribution in [0.1, 0.15) is 68.2 Å². The zero-order valence-electron chi connectivity index (χ0n) is 19.6. The molecular formula is C20H38BN3O6.